The highest BCUT2D eigenvalue weighted by atomic mass is 32.1. The van der Waals surface area contributed by atoms with E-state index in [0.717, 1.165) is 46.0 Å². The molecule has 3 aromatic rings. The van der Waals surface area contributed by atoms with Crippen LogP contribution in [0.25, 0.3) is 10.2 Å². The maximum atomic E-state index is 6.02. The van der Waals surface area contributed by atoms with Gasteiger partial charge in [-0.05, 0) is 38.0 Å². The number of benzene rings is 1. The van der Waals surface area contributed by atoms with Crippen LogP contribution in [0.1, 0.15) is 30.1 Å². The topological polar surface area (TPSA) is 76.7 Å². The molecule has 6 heteroatoms. The maximum absolute atomic E-state index is 6.02. The zero-order valence-electron chi connectivity index (χ0n) is 11.6. The SMILES string of the molecule is Cc1c(N)nc(C2CC2)nc1Nc1ccc2ncsc2c1. The number of nitrogen functional groups attached to an aromatic ring is 1. The minimum Gasteiger partial charge on any atom is -0.383 e. The van der Waals surface area contributed by atoms with Crippen molar-refractivity contribution in [2.24, 2.45) is 0 Å². The number of aromatic nitrogens is 3. The first-order valence-electron chi connectivity index (χ1n) is 6.95. The number of nitrogens with two attached hydrogens (primary N) is 1. The molecule has 0 amide bonds. The summed E-state index contributed by atoms with van der Waals surface area (Å²) in [5.74, 6) is 2.71. The standard InChI is InChI=1S/C15H15N5S/c1-8-13(16)19-15(9-2-3-9)20-14(8)18-10-4-5-11-12(6-10)21-7-17-11/h4-7,9H,2-3H2,1H3,(H3,16,18,19,20). The average molecular weight is 297 g/mol. The summed E-state index contributed by atoms with van der Waals surface area (Å²) >= 11 is 1.63. The highest BCUT2D eigenvalue weighted by molar-refractivity contribution is 7.16. The van der Waals surface area contributed by atoms with Gasteiger partial charge in [0.05, 0.1) is 15.7 Å². The Bertz CT molecular complexity index is 822. The first-order valence-corrected chi connectivity index (χ1v) is 7.83. The predicted molar refractivity (Wildman–Crippen MR) is 86.1 cm³/mol. The molecule has 0 saturated heterocycles. The number of nitrogens with one attached hydrogen (secondary N) is 1. The molecule has 1 fully saturated rings. The second kappa shape index (κ2) is 4.66. The Morgan fingerprint density at radius 3 is 2.95 bits per heavy atom. The van der Waals surface area contributed by atoms with Gasteiger partial charge in [0, 0.05) is 17.2 Å². The van der Waals surface area contributed by atoms with Crippen LogP contribution in [0.3, 0.4) is 0 Å². The summed E-state index contributed by atoms with van der Waals surface area (Å²) in [7, 11) is 0. The fourth-order valence-electron chi connectivity index (χ4n) is 2.27. The molecule has 0 atom stereocenters. The molecule has 0 radical (unpaired) electrons. The molecule has 0 unspecified atom stereocenters. The van der Waals surface area contributed by atoms with E-state index in [-0.39, 0.29) is 0 Å². The molecule has 2 aromatic heterocycles. The molecule has 1 aliphatic rings. The Morgan fingerprint density at radius 2 is 2.14 bits per heavy atom. The molecule has 3 N–H and O–H groups in total. The van der Waals surface area contributed by atoms with Crippen LogP contribution in [0.2, 0.25) is 0 Å². The van der Waals surface area contributed by atoms with Crippen molar-refractivity contribution in [1.29, 1.82) is 0 Å². The fourth-order valence-corrected chi connectivity index (χ4v) is 2.98. The normalized spacial score (nSPS) is 14.5. The van der Waals surface area contributed by atoms with Crippen LogP contribution in [0.5, 0.6) is 0 Å². The third-order valence-electron chi connectivity index (χ3n) is 3.74. The van der Waals surface area contributed by atoms with Crippen molar-refractivity contribution in [2.45, 2.75) is 25.7 Å². The highest BCUT2D eigenvalue weighted by Gasteiger charge is 2.27. The summed E-state index contributed by atoms with van der Waals surface area (Å²) in [5, 5.41) is 3.37. The zero-order valence-corrected chi connectivity index (χ0v) is 12.4. The average Bonchev–Trinajstić information content (AvgIpc) is 3.22. The van der Waals surface area contributed by atoms with Crippen LogP contribution < -0.4 is 11.1 Å². The lowest BCUT2D eigenvalue weighted by molar-refractivity contribution is 0.928. The van der Waals surface area contributed by atoms with Crippen molar-refractivity contribution in [2.75, 3.05) is 11.1 Å². The van der Waals surface area contributed by atoms with Crippen LogP contribution in [-0.2, 0) is 0 Å². The van der Waals surface area contributed by atoms with Gasteiger partial charge < -0.3 is 11.1 Å². The summed E-state index contributed by atoms with van der Waals surface area (Å²) in [5.41, 5.74) is 10.8. The van der Waals surface area contributed by atoms with Gasteiger partial charge in [0.2, 0.25) is 0 Å². The molecule has 5 nitrogen and oxygen atoms in total. The molecule has 0 bridgehead atoms. The summed E-state index contributed by atoms with van der Waals surface area (Å²) in [6.45, 7) is 1.94. The van der Waals surface area contributed by atoms with Gasteiger partial charge >= 0.3 is 0 Å². The van der Waals surface area contributed by atoms with Gasteiger partial charge in [0.25, 0.3) is 0 Å². The van der Waals surface area contributed by atoms with E-state index in [1.807, 2.05) is 24.6 Å². The van der Waals surface area contributed by atoms with Gasteiger partial charge in [-0.3, -0.25) is 0 Å². The van der Waals surface area contributed by atoms with Gasteiger partial charge in [-0.1, -0.05) is 0 Å². The van der Waals surface area contributed by atoms with Gasteiger partial charge in [0.1, 0.15) is 17.5 Å². The van der Waals surface area contributed by atoms with Crippen LogP contribution in [0.15, 0.2) is 23.7 Å². The summed E-state index contributed by atoms with van der Waals surface area (Å²) < 4.78 is 1.15. The Hall–Kier alpha value is -2.21. The molecule has 1 saturated carbocycles. The number of anilines is 3. The number of nitrogens with zero attached hydrogens (tertiary/aromatic N) is 3. The minimum atomic E-state index is 0.484. The van der Waals surface area contributed by atoms with E-state index < -0.39 is 0 Å². The van der Waals surface area contributed by atoms with Crippen molar-refractivity contribution in [3.05, 3.63) is 35.1 Å². The molecule has 2 heterocycles. The number of thiazole rings is 1. The lowest BCUT2D eigenvalue weighted by atomic mass is 10.2. The molecule has 1 aliphatic carbocycles. The fraction of sp³-hybridized carbons (Fsp3) is 0.267. The summed E-state index contributed by atoms with van der Waals surface area (Å²) in [6.07, 6.45) is 2.32. The molecule has 0 aliphatic heterocycles. The zero-order chi connectivity index (χ0) is 14.4. The van der Waals surface area contributed by atoms with Crippen molar-refractivity contribution in [1.82, 2.24) is 15.0 Å². The van der Waals surface area contributed by atoms with Crippen molar-refractivity contribution >= 4 is 38.9 Å². The molecular weight excluding hydrogens is 282 g/mol. The van der Waals surface area contributed by atoms with Crippen molar-refractivity contribution in [3.63, 3.8) is 0 Å². The van der Waals surface area contributed by atoms with Gasteiger partial charge in [-0.2, -0.15) is 0 Å². The third kappa shape index (κ3) is 2.31. The first kappa shape index (κ1) is 12.5. The maximum Gasteiger partial charge on any atom is 0.139 e. The number of hydrogen-bond acceptors (Lipinski definition) is 6. The summed E-state index contributed by atoms with van der Waals surface area (Å²) in [4.78, 5) is 13.3. The molecule has 21 heavy (non-hydrogen) atoms. The van der Waals surface area contributed by atoms with E-state index in [9.17, 15) is 0 Å². The van der Waals surface area contributed by atoms with E-state index in [4.69, 9.17) is 5.73 Å². The first-order chi connectivity index (χ1) is 10.2. The second-order valence-corrected chi connectivity index (χ2v) is 6.26. The third-order valence-corrected chi connectivity index (χ3v) is 4.53. The van der Waals surface area contributed by atoms with Crippen LogP contribution >= 0.6 is 11.3 Å². The highest BCUT2D eigenvalue weighted by Crippen LogP contribution is 2.39. The van der Waals surface area contributed by atoms with Gasteiger partial charge in [-0.15, -0.1) is 11.3 Å². The number of rotatable bonds is 3. The largest absolute Gasteiger partial charge is 0.383 e. The molecule has 0 spiro atoms. The lowest BCUT2D eigenvalue weighted by Gasteiger charge is -2.12. The van der Waals surface area contributed by atoms with E-state index in [2.05, 4.69) is 26.3 Å². The van der Waals surface area contributed by atoms with Crippen molar-refractivity contribution in [3.8, 4) is 0 Å². The smallest absolute Gasteiger partial charge is 0.139 e. The monoisotopic (exact) mass is 297 g/mol. The molecule has 4 rings (SSSR count). The Balaban J connectivity index is 1.72. The van der Waals surface area contributed by atoms with E-state index in [1.165, 1.54) is 0 Å². The molecule has 106 valence electrons. The Morgan fingerprint density at radius 1 is 1.29 bits per heavy atom. The van der Waals surface area contributed by atoms with E-state index in [0.29, 0.717) is 11.7 Å². The second-order valence-electron chi connectivity index (χ2n) is 5.37. The van der Waals surface area contributed by atoms with Crippen LogP contribution in [-0.4, -0.2) is 15.0 Å². The van der Waals surface area contributed by atoms with E-state index >= 15 is 0 Å². The Kier molecular flexibility index (Phi) is 2.78. The van der Waals surface area contributed by atoms with Crippen molar-refractivity contribution < 1.29 is 0 Å². The summed E-state index contributed by atoms with van der Waals surface area (Å²) in [6, 6.07) is 6.11. The van der Waals surface area contributed by atoms with Crippen LogP contribution in [0, 0.1) is 6.92 Å². The van der Waals surface area contributed by atoms with Crippen LogP contribution in [0.4, 0.5) is 17.3 Å². The molecule has 1 aromatic carbocycles. The number of hydrogen-bond donors (Lipinski definition) is 2. The quantitative estimate of drug-likeness (QED) is 0.772. The van der Waals surface area contributed by atoms with Gasteiger partial charge in [0.15, 0.2) is 0 Å². The van der Waals surface area contributed by atoms with E-state index in [1.54, 1.807) is 11.3 Å². The Labute approximate surface area is 126 Å². The predicted octanol–water partition coefficient (Wildman–Crippen LogP) is 3.60. The minimum absolute atomic E-state index is 0.484. The number of fused-ring (bicyclic) bond motifs is 1. The molecular formula is C15H15N5S. The lowest BCUT2D eigenvalue weighted by Crippen LogP contribution is -2.06. The van der Waals surface area contributed by atoms with Gasteiger partial charge in [-0.25, -0.2) is 15.0 Å².